The van der Waals surface area contributed by atoms with Gasteiger partial charge in [0.05, 0.1) is 19.3 Å². The fourth-order valence-corrected chi connectivity index (χ4v) is 3.03. The van der Waals surface area contributed by atoms with Crippen LogP contribution in [0, 0.1) is 0 Å². The number of hydrogen-bond donors (Lipinski definition) is 2. The van der Waals surface area contributed by atoms with Crippen LogP contribution in [0.5, 0.6) is 0 Å². The van der Waals surface area contributed by atoms with Gasteiger partial charge in [0.1, 0.15) is 0 Å². The molecule has 2 aliphatic rings. The maximum atomic E-state index is 12.6. The lowest BCUT2D eigenvalue weighted by Crippen LogP contribution is -2.42. The van der Waals surface area contributed by atoms with Gasteiger partial charge in [-0.05, 0) is 43.0 Å². The van der Waals surface area contributed by atoms with E-state index < -0.39 is 6.10 Å². The third kappa shape index (κ3) is 4.33. The number of aliphatic hydroxyl groups is 1. The third-order valence-electron chi connectivity index (χ3n) is 4.30. The first-order valence-corrected chi connectivity index (χ1v) is 8.29. The lowest BCUT2D eigenvalue weighted by atomic mass is 10.1. The van der Waals surface area contributed by atoms with Crippen LogP contribution in [0.2, 0.25) is 0 Å². The van der Waals surface area contributed by atoms with Gasteiger partial charge < -0.3 is 20.1 Å². The molecule has 23 heavy (non-hydrogen) atoms. The summed E-state index contributed by atoms with van der Waals surface area (Å²) in [6, 6.07) is 7.57. The molecule has 1 saturated heterocycles. The molecule has 0 spiro atoms. The molecule has 5 nitrogen and oxygen atoms in total. The Labute approximate surface area is 136 Å². The number of ether oxygens (including phenoxy) is 1. The van der Waals surface area contributed by atoms with Gasteiger partial charge in [-0.25, -0.2) is 0 Å². The zero-order valence-electron chi connectivity index (χ0n) is 13.3. The molecule has 1 atom stereocenters. The Kier molecular flexibility index (Phi) is 5.31. The first-order chi connectivity index (χ1) is 11.2. The minimum absolute atomic E-state index is 0.00684. The van der Waals surface area contributed by atoms with Crippen LogP contribution in [-0.4, -0.2) is 54.9 Å². The summed E-state index contributed by atoms with van der Waals surface area (Å²) in [5.41, 5.74) is 2.84. The number of nitrogens with one attached hydrogen (secondary N) is 1. The van der Waals surface area contributed by atoms with Crippen molar-refractivity contribution in [2.75, 3.05) is 38.2 Å². The SMILES string of the molecule is O=C(c1cccc(NCC2=CCCOC2)c1)N1CCCC(O)C1. The average Bonchev–Trinajstić information content (AvgIpc) is 2.60. The number of likely N-dealkylation sites (tertiary alicyclic amines) is 1. The van der Waals surface area contributed by atoms with Crippen molar-refractivity contribution in [2.45, 2.75) is 25.4 Å². The predicted octanol–water partition coefficient (Wildman–Crippen LogP) is 2.04. The molecule has 3 rings (SSSR count). The Morgan fingerprint density at radius 1 is 1.43 bits per heavy atom. The zero-order chi connectivity index (χ0) is 16.1. The number of carbonyl (C=O) groups excluding carboxylic acids is 1. The summed E-state index contributed by atoms with van der Waals surface area (Å²) in [6.07, 6.45) is 4.42. The fraction of sp³-hybridized carbons (Fsp3) is 0.500. The first-order valence-electron chi connectivity index (χ1n) is 8.29. The highest BCUT2D eigenvalue weighted by molar-refractivity contribution is 5.95. The number of β-amino-alcohol motifs (C(OH)–C–C–N with tert-alkyl or cyclic N) is 1. The molecule has 2 N–H and O–H groups in total. The van der Waals surface area contributed by atoms with E-state index in [1.165, 1.54) is 5.57 Å². The van der Waals surface area contributed by atoms with Gasteiger partial charge in [-0.2, -0.15) is 0 Å². The monoisotopic (exact) mass is 316 g/mol. The Bertz CT molecular complexity index is 585. The minimum atomic E-state index is -0.396. The summed E-state index contributed by atoms with van der Waals surface area (Å²) in [7, 11) is 0. The summed E-state index contributed by atoms with van der Waals surface area (Å²) in [5, 5.41) is 13.1. The summed E-state index contributed by atoms with van der Waals surface area (Å²) in [4.78, 5) is 14.3. The van der Waals surface area contributed by atoms with E-state index in [4.69, 9.17) is 4.74 Å². The second-order valence-electron chi connectivity index (χ2n) is 6.19. The Balaban J connectivity index is 1.62. The molecule has 0 aliphatic carbocycles. The molecule has 0 radical (unpaired) electrons. The second-order valence-corrected chi connectivity index (χ2v) is 6.19. The maximum Gasteiger partial charge on any atom is 0.254 e. The molecule has 5 heteroatoms. The highest BCUT2D eigenvalue weighted by Gasteiger charge is 2.23. The molecular weight excluding hydrogens is 292 g/mol. The van der Waals surface area contributed by atoms with Gasteiger partial charge in [0.25, 0.3) is 5.91 Å². The topological polar surface area (TPSA) is 61.8 Å². The van der Waals surface area contributed by atoms with Crippen molar-refractivity contribution in [3.63, 3.8) is 0 Å². The number of rotatable bonds is 4. The van der Waals surface area contributed by atoms with Crippen molar-refractivity contribution in [2.24, 2.45) is 0 Å². The number of amides is 1. The molecule has 124 valence electrons. The van der Waals surface area contributed by atoms with Crippen LogP contribution >= 0.6 is 0 Å². The van der Waals surface area contributed by atoms with Crippen LogP contribution in [0.15, 0.2) is 35.9 Å². The van der Waals surface area contributed by atoms with Gasteiger partial charge in [-0.15, -0.1) is 0 Å². The van der Waals surface area contributed by atoms with E-state index in [0.29, 0.717) is 18.7 Å². The van der Waals surface area contributed by atoms with E-state index in [-0.39, 0.29) is 5.91 Å². The van der Waals surface area contributed by atoms with Crippen LogP contribution < -0.4 is 5.32 Å². The van der Waals surface area contributed by atoms with Crippen LogP contribution in [0.1, 0.15) is 29.6 Å². The van der Waals surface area contributed by atoms with Crippen molar-refractivity contribution in [3.8, 4) is 0 Å². The molecular formula is C18H24N2O3. The van der Waals surface area contributed by atoms with Crippen molar-refractivity contribution in [1.29, 1.82) is 0 Å². The molecule has 0 saturated carbocycles. The fourth-order valence-electron chi connectivity index (χ4n) is 3.03. The average molecular weight is 316 g/mol. The van der Waals surface area contributed by atoms with E-state index in [9.17, 15) is 9.90 Å². The van der Waals surface area contributed by atoms with E-state index in [1.807, 2.05) is 24.3 Å². The van der Waals surface area contributed by atoms with E-state index >= 15 is 0 Å². The summed E-state index contributed by atoms with van der Waals surface area (Å²) in [6.45, 7) is 3.37. The van der Waals surface area contributed by atoms with Gasteiger partial charge in [0, 0.05) is 30.9 Å². The smallest absolute Gasteiger partial charge is 0.254 e. The van der Waals surface area contributed by atoms with Crippen LogP contribution in [0.4, 0.5) is 5.69 Å². The minimum Gasteiger partial charge on any atom is -0.391 e. The van der Waals surface area contributed by atoms with Crippen molar-refractivity contribution < 1.29 is 14.6 Å². The van der Waals surface area contributed by atoms with Crippen molar-refractivity contribution in [1.82, 2.24) is 4.90 Å². The Hall–Kier alpha value is -1.85. The van der Waals surface area contributed by atoms with E-state index in [0.717, 1.165) is 44.6 Å². The van der Waals surface area contributed by atoms with Crippen molar-refractivity contribution >= 4 is 11.6 Å². The summed E-state index contributed by atoms with van der Waals surface area (Å²) in [5.74, 6) is -0.00684. The highest BCUT2D eigenvalue weighted by Crippen LogP contribution is 2.17. The predicted molar refractivity (Wildman–Crippen MR) is 89.6 cm³/mol. The number of hydrogen-bond acceptors (Lipinski definition) is 4. The number of aliphatic hydroxyl groups excluding tert-OH is 1. The highest BCUT2D eigenvalue weighted by atomic mass is 16.5. The van der Waals surface area contributed by atoms with Gasteiger partial charge in [0.2, 0.25) is 0 Å². The molecule has 1 aromatic carbocycles. The lowest BCUT2D eigenvalue weighted by molar-refractivity contribution is 0.0474. The molecule has 1 unspecified atom stereocenters. The molecule has 2 aliphatic heterocycles. The Morgan fingerprint density at radius 2 is 2.35 bits per heavy atom. The summed E-state index contributed by atoms with van der Waals surface area (Å²) >= 11 is 0. The van der Waals surface area contributed by atoms with Crippen LogP contribution in [-0.2, 0) is 4.74 Å². The molecule has 0 aromatic heterocycles. The maximum absolute atomic E-state index is 12.6. The van der Waals surface area contributed by atoms with Gasteiger partial charge in [0.15, 0.2) is 0 Å². The summed E-state index contributed by atoms with van der Waals surface area (Å²) < 4.78 is 5.43. The molecule has 1 aromatic rings. The third-order valence-corrected chi connectivity index (χ3v) is 4.30. The number of carbonyl (C=O) groups is 1. The van der Waals surface area contributed by atoms with E-state index in [1.54, 1.807) is 4.90 Å². The second kappa shape index (κ2) is 7.62. The number of benzene rings is 1. The molecule has 1 fully saturated rings. The number of piperidine rings is 1. The molecule has 2 heterocycles. The standard InChI is InChI=1S/C18H24N2O3/c21-17-7-2-8-20(12-17)18(22)15-5-1-6-16(10-15)19-11-14-4-3-9-23-13-14/h1,4-6,10,17,19,21H,2-3,7-9,11-13H2. The molecule has 0 bridgehead atoms. The first kappa shape index (κ1) is 16.0. The largest absolute Gasteiger partial charge is 0.391 e. The molecule has 1 amide bonds. The quantitative estimate of drug-likeness (QED) is 0.835. The zero-order valence-corrected chi connectivity index (χ0v) is 13.3. The number of anilines is 1. The Morgan fingerprint density at radius 3 is 3.13 bits per heavy atom. The van der Waals surface area contributed by atoms with E-state index in [2.05, 4.69) is 11.4 Å². The van der Waals surface area contributed by atoms with Crippen LogP contribution in [0.3, 0.4) is 0 Å². The van der Waals surface area contributed by atoms with Crippen LogP contribution in [0.25, 0.3) is 0 Å². The van der Waals surface area contributed by atoms with Gasteiger partial charge in [-0.1, -0.05) is 12.1 Å². The normalized spacial score (nSPS) is 21.7. The number of nitrogens with zero attached hydrogens (tertiary/aromatic N) is 1. The lowest BCUT2D eigenvalue weighted by Gasteiger charge is -2.30. The van der Waals surface area contributed by atoms with Gasteiger partial charge >= 0.3 is 0 Å². The van der Waals surface area contributed by atoms with Crippen molar-refractivity contribution in [3.05, 3.63) is 41.5 Å². The van der Waals surface area contributed by atoms with Gasteiger partial charge in [-0.3, -0.25) is 4.79 Å².